The second kappa shape index (κ2) is 8.38. The monoisotopic (exact) mass is 449 g/mol. The van der Waals surface area contributed by atoms with E-state index >= 15 is 0 Å². The molecule has 152 valence electrons. The van der Waals surface area contributed by atoms with Crippen molar-refractivity contribution in [1.29, 1.82) is 0 Å². The summed E-state index contributed by atoms with van der Waals surface area (Å²) in [4.78, 5) is 16.8. The van der Waals surface area contributed by atoms with Crippen LogP contribution >= 0.6 is 23.4 Å². The van der Waals surface area contributed by atoms with Gasteiger partial charge in [0.1, 0.15) is 0 Å². The first-order valence-electron chi connectivity index (χ1n) is 9.23. The summed E-state index contributed by atoms with van der Waals surface area (Å²) in [5, 5.41) is 7.56. The van der Waals surface area contributed by atoms with Crippen LogP contribution in [-0.4, -0.2) is 48.8 Å². The van der Waals surface area contributed by atoms with Gasteiger partial charge in [-0.2, -0.15) is 0 Å². The Bertz CT molecular complexity index is 1040. The Kier molecular flexibility index (Phi) is 5.85. The van der Waals surface area contributed by atoms with Crippen LogP contribution in [0.5, 0.6) is 0 Å². The van der Waals surface area contributed by atoms with Crippen LogP contribution in [0, 0.1) is 0 Å². The van der Waals surface area contributed by atoms with Gasteiger partial charge in [-0.15, -0.1) is 0 Å². The molecule has 1 amide bonds. The number of sulfone groups is 1. The van der Waals surface area contributed by atoms with Crippen molar-refractivity contribution in [3.05, 3.63) is 64.7 Å². The highest BCUT2D eigenvalue weighted by molar-refractivity contribution is 8.15. The maximum Gasteiger partial charge on any atom is 0.251 e. The van der Waals surface area contributed by atoms with Crippen LogP contribution in [0.4, 0.5) is 5.69 Å². The zero-order valence-electron chi connectivity index (χ0n) is 15.5. The van der Waals surface area contributed by atoms with Gasteiger partial charge in [0.2, 0.25) is 0 Å². The molecule has 0 spiro atoms. The van der Waals surface area contributed by atoms with Gasteiger partial charge in [0.05, 0.1) is 17.5 Å². The summed E-state index contributed by atoms with van der Waals surface area (Å²) >= 11 is 7.34. The van der Waals surface area contributed by atoms with E-state index in [1.165, 1.54) is 11.8 Å². The second-order valence-electron chi connectivity index (χ2n) is 7.07. The fourth-order valence-electron chi connectivity index (χ4n) is 3.32. The first kappa shape index (κ1) is 20.3. The third-order valence-corrected chi connectivity index (χ3v) is 8.22. The van der Waals surface area contributed by atoms with Gasteiger partial charge in [0.15, 0.2) is 15.0 Å². The van der Waals surface area contributed by atoms with Gasteiger partial charge in [-0.05, 0) is 48.4 Å². The van der Waals surface area contributed by atoms with E-state index in [4.69, 9.17) is 11.6 Å². The van der Waals surface area contributed by atoms with E-state index < -0.39 is 9.84 Å². The number of rotatable bonds is 5. The van der Waals surface area contributed by atoms with Crippen LogP contribution in [0.3, 0.4) is 0 Å². The number of hydrogen-bond acceptors (Lipinski definition) is 6. The molecule has 29 heavy (non-hydrogen) atoms. The van der Waals surface area contributed by atoms with E-state index in [2.05, 4.69) is 15.6 Å². The number of thioether (sulfide) groups is 1. The highest BCUT2D eigenvalue weighted by Crippen LogP contribution is 2.34. The second-order valence-corrected chi connectivity index (χ2v) is 10.9. The molecule has 0 aromatic heterocycles. The molecule has 2 aliphatic heterocycles. The third-order valence-electron chi connectivity index (χ3n) is 4.83. The van der Waals surface area contributed by atoms with Crippen LogP contribution in [0.25, 0.3) is 0 Å². The Morgan fingerprint density at radius 1 is 1.10 bits per heavy atom. The van der Waals surface area contributed by atoms with Crippen molar-refractivity contribution in [2.45, 2.75) is 17.7 Å². The molecular weight excluding hydrogens is 430 g/mol. The minimum atomic E-state index is -2.95. The Hall–Kier alpha value is -2.03. The van der Waals surface area contributed by atoms with Crippen LogP contribution < -0.4 is 10.6 Å². The maximum atomic E-state index is 12.3. The van der Waals surface area contributed by atoms with Gasteiger partial charge in [-0.25, -0.2) is 8.42 Å². The largest absolute Gasteiger partial charge is 0.352 e. The van der Waals surface area contributed by atoms with Crippen LogP contribution in [-0.2, 0) is 16.3 Å². The van der Waals surface area contributed by atoms with Crippen molar-refractivity contribution in [3.63, 3.8) is 0 Å². The first-order valence-corrected chi connectivity index (χ1v) is 12.3. The number of benzene rings is 2. The molecule has 2 atom stereocenters. The number of aliphatic imine (C=N–C) groups is 1. The Morgan fingerprint density at radius 2 is 1.83 bits per heavy atom. The van der Waals surface area contributed by atoms with Crippen molar-refractivity contribution in [2.75, 3.05) is 23.4 Å². The van der Waals surface area contributed by atoms with E-state index in [-0.39, 0.29) is 28.7 Å². The van der Waals surface area contributed by atoms with E-state index in [0.29, 0.717) is 17.1 Å². The lowest BCUT2D eigenvalue weighted by molar-refractivity contribution is 0.0954. The lowest BCUT2D eigenvalue weighted by atomic mass is 10.1. The van der Waals surface area contributed by atoms with E-state index in [0.717, 1.165) is 22.8 Å². The quantitative estimate of drug-likeness (QED) is 0.732. The van der Waals surface area contributed by atoms with Crippen molar-refractivity contribution in [1.82, 2.24) is 5.32 Å². The number of amides is 1. The van der Waals surface area contributed by atoms with Gasteiger partial charge in [0.25, 0.3) is 5.91 Å². The Labute approximate surface area is 179 Å². The number of amidine groups is 1. The molecule has 0 aliphatic carbocycles. The number of carbonyl (C=O) groups is 1. The molecule has 6 nitrogen and oxygen atoms in total. The summed E-state index contributed by atoms with van der Waals surface area (Å²) in [6.45, 7) is 0.541. The van der Waals surface area contributed by atoms with Crippen LogP contribution in [0.1, 0.15) is 15.9 Å². The summed E-state index contributed by atoms with van der Waals surface area (Å²) in [5.74, 6) is 0.190. The normalized spacial score (nSPS) is 22.0. The van der Waals surface area contributed by atoms with Gasteiger partial charge in [-0.3, -0.25) is 9.79 Å². The molecule has 2 aromatic carbocycles. The summed E-state index contributed by atoms with van der Waals surface area (Å²) in [6, 6.07) is 14.6. The number of fused-ring (bicyclic) bond motifs is 1. The van der Waals surface area contributed by atoms with E-state index in [9.17, 15) is 13.2 Å². The van der Waals surface area contributed by atoms with Gasteiger partial charge in [0, 0.05) is 28.1 Å². The number of nitrogens with zero attached hydrogens (tertiary/aromatic N) is 1. The Balaban J connectivity index is 1.28. The van der Waals surface area contributed by atoms with Gasteiger partial charge in [-0.1, -0.05) is 35.5 Å². The fraction of sp³-hybridized carbons (Fsp3) is 0.300. The maximum absolute atomic E-state index is 12.3. The molecule has 1 fully saturated rings. The topological polar surface area (TPSA) is 87.6 Å². The average molecular weight is 450 g/mol. The van der Waals surface area contributed by atoms with E-state index in [1.807, 2.05) is 36.4 Å². The minimum Gasteiger partial charge on any atom is -0.352 e. The summed E-state index contributed by atoms with van der Waals surface area (Å²) in [6.07, 6.45) is 0.734. The standard InChI is InChI=1S/C20H20ClN3O3S2/c21-15-5-1-13(2-6-15)9-10-22-19(25)14-3-7-16(8-4-14)23-20-24-17-11-29(26,27)12-18(17)28-20/h1-8,17-18H,9-12H2,(H,22,25)(H,23,24)/t17-,18+/m0/s1. The zero-order valence-corrected chi connectivity index (χ0v) is 17.9. The molecule has 2 aromatic rings. The molecule has 4 rings (SSSR count). The molecule has 2 N–H and O–H groups in total. The zero-order chi connectivity index (χ0) is 20.4. The van der Waals surface area contributed by atoms with Crippen LogP contribution in [0.2, 0.25) is 5.02 Å². The predicted octanol–water partition coefficient (Wildman–Crippen LogP) is 2.99. The fourth-order valence-corrected chi connectivity index (χ4v) is 7.12. The Morgan fingerprint density at radius 3 is 2.52 bits per heavy atom. The predicted molar refractivity (Wildman–Crippen MR) is 119 cm³/mol. The van der Waals surface area contributed by atoms with Crippen molar-refractivity contribution in [2.24, 2.45) is 4.99 Å². The summed E-state index contributed by atoms with van der Waals surface area (Å²) in [7, 11) is -2.95. The van der Waals surface area contributed by atoms with Crippen molar-refractivity contribution < 1.29 is 13.2 Å². The molecule has 9 heteroatoms. The van der Waals surface area contributed by atoms with Crippen LogP contribution in [0.15, 0.2) is 53.5 Å². The average Bonchev–Trinajstić information content (AvgIpc) is 3.16. The highest BCUT2D eigenvalue weighted by atomic mass is 35.5. The lowest BCUT2D eigenvalue weighted by Gasteiger charge is -2.09. The number of nitrogens with one attached hydrogen (secondary N) is 2. The summed E-state index contributed by atoms with van der Waals surface area (Å²) < 4.78 is 23.3. The summed E-state index contributed by atoms with van der Waals surface area (Å²) in [5.41, 5.74) is 2.51. The SMILES string of the molecule is O=C(NCCc1ccc(Cl)cc1)c1ccc(NC2=N[C@H]3CS(=O)(=O)C[C@H]3S2)cc1. The molecular formula is C20H20ClN3O3S2. The van der Waals surface area contributed by atoms with E-state index in [1.54, 1.807) is 12.1 Å². The number of anilines is 1. The number of halogens is 1. The minimum absolute atomic E-state index is 0.00758. The third kappa shape index (κ3) is 5.12. The molecule has 2 heterocycles. The molecule has 0 saturated carbocycles. The van der Waals surface area contributed by atoms with Gasteiger partial charge >= 0.3 is 0 Å². The smallest absolute Gasteiger partial charge is 0.251 e. The van der Waals surface area contributed by atoms with Crippen molar-refractivity contribution >= 4 is 50.0 Å². The molecule has 0 radical (unpaired) electrons. The molecule has 1 saturated heterocycles. The number of hydrogen-bond donors (Lipinski definition) is 2. The van der Waals surface area contributed by atoms with Gasteiger partial charge < -0.3 is 10.6 Å². The highest BCUT2D eigenvalue weighted by Gasteiger charge is 2.42. The molecule has 2 aliphatic rings. The molecule has 0 unspecified atom stereocenters. The number of carbonyl (C=O) groups excluding carboxylic acids is 1. The van der Waals surface area contributed by atoms with Crippen molar-refractivity contribution in [3.8, 4) is 0 Å². The lowest BCUT2D eigenvalue weighted by Crippen LogP contribution is -2.25. The molecule has 0 bridgehead atoms. The first-order chi connectivity index (χ1) is 13.9.